The Morgan fingerprint density at radius 2 is 1.53 bits per heavy atom. The summed E-state index contributed by atoms with van der Waals surface area (Å²) in [6.45, 7) is 11.8. The van der Waals surface area contributed by atoms with Crippen molar-refractivity contribution in [3.8, 4) is 0 Å². The van der Waals surface area contributed by atoms with E-state index in [1.165, 1.54) is 0 Å². The summed E-state index contributed by atoms with van der Waals surface area (Å²) < 4.78 is 15.4. The predicted molar refractivity (Wildman–Crippen MR) is 83.9 cm³/mol. The Hall–Kier alpha value is -1.09. The molecular weight excluding hydrogens is 255 g/mol. The third-order valence-corrected chi connectivity index (χ3v) is 7.49. The lowest BCUT2D eigenvalue weighted by molar-refractivity contribution is 0.514. The highest BCUT2D eigenvalue weighted by Crippen LogP contribution is 2.27. The highest BCUT2D eigenvalue weighted by molar-refractivity contribution is 6.86. The van der Waals surface area contributed by atoms with Crippen LogP contribution in [0.1, 0.15) is 33.3 Å². The summed E-state index contributed by atoms with van der Waals surface area (Å²) in [4.78, 5) is 0. The molecule has 0 saturated carbocycles. The maximum atomic E-state index is 15.4. The van der Waals surface area contributed by atoms with E-state index in [9.17, 15) is 5.11 Å². The van der Waals surface area contributed by atoms with Gasteiger partial charge in [0.25, 0.3) is 8.41 Å². The quantitative estimate of drug-likeness (QED) is 0.457. The van der Waals surface area contributed by atoms with Crippen LogP contribution < -0.4 is 5.19 Å². The van der Waals surface area contributed by atoms with Crippen molar-refractivity contribution >= 4 is 19.4 Å². The summed E-state index contributed by atoms with van der Waals surface area (Å²) in [5.41, 5.74) is 0.661. The average molecular weight is 280 g/mol. The molecule has 1 nitrogen and oxygen atoms in total. The minimum Gasteiger partial charge on any atom is -0.508 e. The summed E-state index contributed by atoms with van der Waals surface area (Å²) in [5, 5.41) is 10.2. The first-order valence-corrected chi connectivity index (χ1v) is 9.21. The van der Waals surface area contributed by atoms with E-state index in [2.05, 4.69) is 34.3 Å². The first-order chi connectivity index (χ1) is 8.74. The number of halogens is 1. The van der Waals surface area contributed by atoms with Gasteiger partial charge in [-0.05, 0) is 29.1 Å². The number of hydrogen-bond acceptors (Lipinski definition) is 1. The Morgan fingerprint density at radius 1 is 1.11 bits per heavy atom. The van der Waals surface area contributed by atoms with Crippen molar-refractivity contribution in [3.05, 3.63) is 36.4 Å². The molecule has 106 valence electrons. The van der Waals surface area contributed by atoms with Crippen molar-refractivity contribution in [1.82, 2.24) is 0 Å². The first-order valence-electron chi connectivity index (χ1n) is 6.92. The van der Waals surface area contributed by atoms with Crippen molar-refractivity contribution < 1.29 is 9.21 Å². The zero-order chi connectivity index (χ0) is 14.6. The maximum absolute atomic E-state index is 15.4. The number of aliphatic hydroxyl groups is 1. The molecule has 1 aromatic rings. The van der Waals surface area contributed by atoms with Crippen molar-refractivity contribution in [2.24, 2.45) is 11.8 Å². The monoisotopic (exact) mass is 280 g/mol. The minimum absolute atomic E-state index is 0.0328. The summed E-state index contributed by atoms with van der Waals surface area (Å²) in [6.07, 6.45) is 0. The van der Waals surface area contributed by atoms with E-state index in [0.29, 0.717) is 29.5 Å². The van der Waals surface area contributed by atoms with Gasteiger partial charge in [-0.15, -0.1) is 0 Å². The fraction of sp³-hybridized carbons (Fsp3) is 0.500. The lowest BCUT2D eigenvalue weighted by Gasteiger charge is -2.26. The average Bonchev–Trinajstić information content (AvgIpc) is 2.26. The van der Waals surface area contributed by atoms with Gasteiger partial charge in [-0.25, -0.2) is 0 Å². The number of benzene rings is 1. The van der Waals surface area contributed by atoms with E-state index in [4.69, 9.17) is 0 Å². The Bertz CT molecular complexity index is 413. The normalized spacial score (nSPS) is 12.2. The van der Waals surface area contributed by atoms with Gasteiger partial charge >= 0.3 is 0 Å². The molecule has 1 aromatic carbocycles. The molecule has 1 rings (SSSR count). The van der Waals surface area contributed by atoms with E-state index in [1.807, 2.05) is 12.1 Å². The van der Waals surface area contributed by atoms with Crippen LogP contribution in [-0.4, -0.2) is 13.5 Å². The van der Waals surface area contributed by atoms with Crippen molar-refractivity contribution in [1.29, 1.82) is 0 Å². The zero-order valence-corrected chi connectivity index (χ0v) is 13.4. The molecule has 0 heterocycles. The van der Waals surface area contributed by atoms with Crippen LogP contribution >= 0.6 is 0 Å². The summed E-state index contributed by atoms with van der Waals surface area (Å²) in [5.74, 6) is 0.760. The molecule has 0 unspecified atom stereocenters. The second-order valence-electron chi connectivity index (χ2n) is 6.19. The van der Waals surface area contributed by atoms with Gasteiger partial charge in [0, 0.05) is 5.56 Å². The van der Waals surface area contributed by atoms with E-state index in [1.54, 1.807) is 12.1 Å². The van der Waals surface area contributed by atoms with Gasteiger partial charge < -0.3 is 9.21 Å². The Morgan fingerprint density at radius 3 is 1.84 bits per heavy atom. The standard InChI is InChI=1S/C16H25FOSi/c1-12(2)10-19(17,11-13(3)4)16-8-6-15(7-9-16)14(5)18/h6-9,12-13,18H,5,10-11H2,1-4H3. The molecule has 0 fully saturated rings. The Kier molecular flexibility index (Phi) is 5.35. The van der Waals surface area contributed by atoms with Gasteiger partial charge in [-0.2, -0.15) is 0 Å². The lowest BCUT2D eigenvalue weighted by Crippen LogP contribution is -2.45. The van der Waals surface area contributed by atoms with Crippen LogP contribution in [0.15, 0.2) is 30.8 Å². The summed E-state index contributed by atoms with van der Waals surface area (Å²) in [6, 6.07) is 8.50. The van der Waals surface area contributed by atoms with Gasteiger partial charge in [0.15, 0.2) is 0 Å². The van der Waals surface area contributed by atoms with Gasteiger partial charge in [0.05, 0.1) is 0 Å². The van der Waals surface area contributed by atoms with Gasteiger partial charge in [0.1, 0.15) is 5.76 Å². The van der Waals surface area contributed by atoms with Gasteiger partial charge in [-0.1, -0.05) is 58.5 Å². The van der Waals surface area contributed by atoms with E-state index >= 15 is 4.11 Å². The van der Waals surface area contributed by atoms with Crippen molar-refractivity contribution in [2.45, 2.75) is 39.8 Å². The third kappa shape index (κ3) is 4.50. The Labute approximate surface area is 117 Å². The Balaban J connectivity index is 3.06. The SMILES string of the molecule is C=C(O)c1ccc([Si](F)(CC(C)C)CC(C)C)cc1. The number of hydrogen-bond donors (Lipinski definition) is 1. The molecule has 1 N–H and O–H groups in total. The number of aliphatic hydroxyl groups excluding tert-OH is 1. The molecule has 0 radical (unpaired) electrons. The first kappa shape index (κ1) is 16.0. The molecule has 0 amide bonds. The van der Waals surface area contributed by atoms with Crippen molar-refractivity contribution in [3.63, 3.8) is 0 Å². The molecule has 0 bridgehead atoms. The molecule has 0 saturated heterocycles. The second-order valence-corrected chi connectivity index (χ2v) is 9.51. The zero-order valence-electron chi connectivity index (χ0n) is 12.4. The van der Waals surface area contributed by atoms with E-state index in [0.717, 1.165) is 5.19 Å². The summed E-state index contributed by atoms with van der Waals surface area (Å²) >= 11 is 0. The summed E-state index contributed by atoms with van der Waals surface area (Å²) in [7, 11) is -2.92. The molecule has 0 spiro atoms. The van der Waals surface area contributed by atoms with Crippen LogP contribution in [0.4, 0.5) is 4.11 Å². The van der Waals surface area contributed by atoms with Crippen molar-refractivity contribution in [2.75, 3.05) is 0 Å². The second kappa shape index (κ2) is 6.37. The van der Waals surface area contributed by atoms with Crippen LogP contribution in [-0.2, 0) is 0 Å². The van der Waals surface area contributed by atoms with Gasteiger partial charge in [0.2, 0.25) is 0 Å². The molecule has 0 aliphatic heterocycles. The van der Waals surface area contributed by atoms with Crippen LogP contribution in [0, 0.1) is 11.8 Å². The largest absolute Gasteiger partial charge is 0.508 e. The van der Waals surface area contributed by atoms with Crippen LogP contribution in [0.5, 0.6) is 0 Å². The van der Waals surface area contributed by atoms with E-state index < -0.39 is 8.41 Å². The van der Waals surface area contributed by atoms with E-state index in [-0.39, 0.29) is 5.76 Å². The highest BCUT2D eigenvalue weighted by Gasteiger charge is 2.37. The van der Waals surface area contributed by atoms with Gasteiger partial charge in [-0.3, -0.25) is 0 Å². The molecule has 3 heteroatoms. The smallest absolute Gasteiger partial charge is 0.278 e. The van der Waals surface area contributed by atoms with Crippen LogP contribution in [0.3, 0.4) is 0 Å². The fourth-order valence-electron chi connectivity index (χ4n) is 2.57. The molecular formula is C16H25FOSi. The molecule has 0 aliphatic carbocycles. The number of rotatable bonds is 6. The molecule has 0 atom stereocenters. The predicted octanol–water partition coefficient (Wildman–Crippen LogP) is 4.65. The molecule has 0 aromatic heterocycles. The topological polar surface area (TPSA) is 20.2 Å². The third-order valence-electron chi connectivity index (χ3n) is 3.20. The highest BCUT2D eigenvalue weighted by atomic mass is 28.4. The van der Waals surface area contributed by atoms with Crippen LogP contribution in [0.25, 0.3) is 5.76 Å². The minimum atomic E-state index is -2.92. The molecule has 0 aliphatic rings. The maximum Gasteiger partial charge on any atom is 0.278 e. The fourth-order valence-corrected chi connectivity index (χ4v) is 6.57. The van der Waals surface area contributed by atoms with Crippen LogP contribution in [0.2, 0.25) is 12.1 Å². The molecule has 19 heavy (non-hydrogen) atoms. The lowest BCUT2D eigenvalue weighted by atomic mass is 10.2.